The van der Waals surface area contributed by atoms with Gasteiger partial charge in [-0.15, -0.1) is 11.3 Å². The lowest BCUT2D eigenvalue weighted by atomic mass is 10.0. The van der Waals surface area contributed by atoms with Crippen LogP contribution in [0.3, 0.4) is 0 Å². The molecule has 2 rings (SSSR count). The van der Waals surface area contributed by atoms with Gasteiger partial charge in [-0.1, -0.05) is 0 Å². The molecule has 4 nitrogen and oxygen atoms in total. The Balaban J connectivity index is 2.21. The zero-order chi connectivity index (χ0) is 14.0. The minimum absolute atomic E-state index is 0.271. The molecular weight excluding hydrogens is 331 g/mol. The van der Waals surface area contributed by atoms with Crippen LogP contribution in [-0.2, 0) is 0 Å². The van der Waals surface area contributed by atoms with Gasteiger partial charge < -0.3 is 5.73 Å². The van der Waals surface area contributed by atoms with Crippen LogP contribution in [0.25, 0.3) is 0 Å². The molecule has 0 fully saturated rings. The van der Waals surface area contributed by atoms with E-state index in [4.69, 9.17) is 5.73 Å². The second-order valence-corrected chi connectivity index (χ2v) is 5.63. The summed E-state index contributed by atoms with van der Waals surface area (Å²) in [5, 5.41) is 6.43. The van der Waals surface area contributed by atoms with Gasteiger partial charge >= 0.3 is 0 Å². The minimum Gasteiger partial charge on any atom is -0.383 e. The topological polar surface area (TPSA) is 63.3 Å². The van der Waals surface area contributed by atoms with Crippen LogP contribution in [0.2, 0.25) is 0 Å². The number of hydrogen-bond acceptors (Lipinski definition) is 5. The van der Waals surface area contributed by atoms with Gasteiger partial charge in [0.15, 0.2) is 0 Å². The van der Waals surface area contributed by atoms with E-state index < -0.39 is 0 Å². The van der Waals surface area contributed by atoms with Crippen molar-refractivity contribution >= 4 is 44.4 Å². The van der Waals surface area contributed by atoms with Crippen LogP contribution in [-0.4, -0.2) is 11.2 Å². The molecular formula is C12H12BrFN4S. The number of halogens is 2. The predicted molar refractivity (Wildman–Crippen MR) is 81.3 cm³/mol. The van der Waals surface area contributed by atoms with Crippen LogP contribution in [0.1, 0.15) is 16.7 Å². The lowest BCUT2D eigenvalue weighted by molar-refractivity contribution is 0.618. The number of nitrogens with zero attached hydrogens (tertiary/aromatic N) is 2. The molecule has 0 saturated carbocycles. The maximum absolute atomic E-state index is 13.5. The minimum atomic E-state index is -0.271. The number of benzene rings is 1. The van der Waals surface area contributed by atoms with Gasteiger partial charge in [-0.2, -0.15) is 5.10 Å². The summed E-state index contributed by atoms with van der Waals surface area (Å²) in [6, 6.07) is 1.47. The van der Waals surface area contributed by atoms with E-state index in [2.05, 4.69) is 31.4 Å². The highest BCUT2D eigenvalue weighted by Gasteiger charge is 2.09. The fourth-order valence-electron chi connectivity index (χ4n) is 1.61. The summed E-state index contributed by atoms with van der Waals surface area (Å²) in [6.07, 6.45) is 1.65. The molecule has 0 radical (unpaired) electrons. The van der Waals surface area contributed by atoms with Gasteiger partial charge in [0.1, 0.15) is 11.6 Å². The summed E-state index contributed by atoms with van der Waals surface area (Å²) in [6.45, 7) is 3.67. The monoisotopic (exact) mass is 342 g/mol. The lowest BCUT2D eigenvalue weighted by Gasteiger charge is -2.08. The molecule has 2 aromatic rings. The first kappa shape index (κ1) is 14.0. The van der Waals surface area contributed by atoms with Crippen molar-refractivity contribution in [1.29, 1.82) is 0 Å². The van der Waals surface area contributed by atoms with E-state index in [1.807, 2.05) is 13.8 Å². The molecule has 0 aliphatic heterocycles. The van der Waals surface area contributed by atoms with Crippen LogP contribution < -0.4 is 11.2 Å². The van der Waals surface area contributed by atoms with Crippen molar-refractivity contribution < 1.29 is 4.39 Å². The van der Waals surface area contributed by atoms with Crippen molar-refractivity contribution in [3.05, 3.63) is 38.4 Å². The second kappa shape index (κ2) is 5.66. The SMILES string of the molecule is Cc1cc(F)c(Br)c(C)c1C=NNc1nc(N)cs1. The molecule has 19 heavy (non-hydrogen) atoms. The van der Waals surface area contributed by atoms with Gasteiger partial charge in [-0.3, -0.25) is 5.43 Å². The Morgan fingerprint density at radius 2 is 2.26 bits per heavy atom. The van der Waals surface area contributed by atoms with E-state index in [-0.39, 0.29) is 5.82 Å². The fraction of sp³-hybridized carbons (Fsp3) is 0.167. The fourth-order valence-corrected chi connectivity index (χ4v) is 2.49. The summed E-state index contributed by atoms with van der Waals surface area (Å²) >= 11 is 4.59. The van der Waals surface area contributed by atoms with Crippen LogP contribution in [0.5, 0.6) is 0 Å². The predicted octanol–water partition coefficient (Wildman–Crippen LogP) is 3.69. The number of thiazole rings is 1. The van der Waals surface area contributed by atoms with E-state index in [0.717, 1.165) is 16.7 Å². The third-order valence-corrected chi connectivity index (χ3v) is 4.33. The zero-order valence-electron chi connectivity index (χ0n) is 10.4. The number of nitrogens with two attached hydrogens (primary N) is 1. The number of anilines is 2. The Kier molecular flexibility index (Phi) is 4.16. The molecule has 100 valence electrons. The third-order valence-electron chi connectivity index (χ3n) is 2.59. The molecule has 0 aliphatic rings. The maximum Gasteiger partial charge on any atom is 0.205 e. The van der Waals surface area contributed by atoms with Crippen molar-refractivity contribution in [3.63, 3.8) is 0 Å². The summed E-state index contributed by atoms with van der Waals surface area (Å²) < 4.78 is 13.9. The summed E-state index contributed by atoms with van der Waals surface area (Å²) in [4.78, 5) is 4.02. The average Bonchev–Trinajstić information content (AvgIpc) is 2.77. The molecule has 0 bridgehead atoms. The smallest absolute Gasteiger partial charge is 0.205 e. The van der Waals surface area contributed by atoms with E-state index in [1.165, 1.54) is 17.4 Å². The van der Waals surface area contributed by atoms with Crippen molar-refractivity contribution in [3.8, 4) is 0 Å². The number of hydrogen-bond donors (Lipinski definition) is 2. The van der Waals surface area contributed by atoms with Gasteiger partial charge in [-0.25, -0.2) is 9.37 Å². The first-order valence-corrected chi connectivity index (χ1v) is 7.11. The third kappa shape index (κ3) is 3.10. The molecule has 0 spiro atoms. The maximum atomic E-state index is 13.5. The Hall–Kier alpha value is -1.47. The number of nitrogens with one attached hydrogen (secondary N) is 1. The normalized spacial score (nSPS) is 11.2. The first-order chi connectivity index (χ1) is 8.99. The number of rotatable bonds is 3. The van der Waals surface area contributed by atoms with Crippen LogP contribution in [0, 0.1) is 19.7 Å². The van der Waals surface area contributed by atoms with E-state index >= 15 is 0 Å². The van der Waals surface area contributed by atoms with Gasteiger partial charge in [0.25, 0.3) is 0 Å². The van der Waals surface area contributed by atoms with Gasteiger partial charge in [-0.05, 0) is 47.0 Å². The number of aryl methyl sites for hydroxylation is 1. The summed E-state index contributed by atoms with van der Waals surface area (Å²) in [7, 11) is 0. The Morgan fingerprint density at radius 1 is 1.53 bits per heavy atom. The van der Waals surface area contributed by atoms with Gasteiger partial charge in [0, 0.05) is 10.9 Å². The van der Waals surface area contributed by atoms with Gasteiger partial charge in [0.05, 0.1) is 10.7 Å². The van der Waals surface area contributed by atoms with E-state index in [1.54, 1.807) is 11.6 Å². The van der Waals surface area contributed by atoms with E-state index in [0.29, 0.717) is 15.4 Å². The highest BCUT2D eigenvalue weighted by molar-refractivity contribution is 9.10. The molecule has 0 saturated heterocycles. The highest BCUT2D eigenvalue weighted by atomic mass is 79.9. The van der Waals surface area contributed by atoms with Crippen molar-refractivity contribution in [2.75, 3.05) is 11.2 Å². The molecule has 7 heteroatoms. The zero-order valence-corrected chi connectivity index (χ0v) is 12.8. The van der Waals surface area contributed by atoms with E-state index in [9.17, 15) is 4.39 Å². The molecule has 1 heterocycles. The van der Waals surface area contributed by atoms with Crippen molar-refractivity contribution in [1.82, 2.24) is 4.98 Å². The molecule has 0 aliphatic carbocycles. The first-order valence-electron chi connectivity index (χ1n) is 5.44. The average molecular weight is 343 g/mol. The van der Waals surface area contributed by atoms with Gasteiger partial charge in [0.2, 0.25) is 5.13 Å². The second-order valence-electron chi connectivity index (χ2n) is 3.98. The number of hydrazone groups is 1. The Morgan fingerprint density at radius 3 is 2.89 bits per heavy atom. The quantitative estimate of drug-likeness (QED) is 0.660. The van der Waals surface area contributed by atoms with Crippen molar-refractivity contribution in [2.45, 2.75) is 13.8 Å². The summed E-state index contributed by atoms with van der Waals surface area (Å²) in [5.41, 5.74) is 10.8. The molecule has 0 atom stereocenters. The standard InChI is InChI=1S/C12H12BrFN4S/c1-6-3-9(14)11(13)7(2)8(6)4-16-18-12-17-10(15)5-19-12/h3-5H,15H2,1-2H3,(H,17,18). The van der Waals surface area contributed by atoms with Crippen LogP contribution in [0.4, 0.5) is 15.3 Å². The Bertz CT molecular complexity index is 639. The summed E-state index contributed by atoms with van der Waals surface area (Å²) in [5.74, 6) is 0.187. The molecule has 0 unspecified atom stereocenters. The number of aromatic nitrogens is 1. The largest absolute Gasteiger partial charge is 0.383 e. The molecule has 0 amide bonds. The van der Waals surface area contributed by atoms with Crippen LogP contribution in [0.15, 0.2) is 21.0 Å². The molecule has 3 N–H and O–H groups in total. The van der Waals surface area contributed by atoms with Crippen LogP contribution >= 0.6 is 27.3 Å². The number of nitrogen functional groups attached to an aromatic ring is 1. The highest BCUT2D eigenvalue weighted by Crippen LogP contribution is 2.25. The molecule has 1 aromatic carbocycles. The molecule has 1 aromatic heterocycles. The van der Waals surface area contributed by atoms with Crippen molar-refractivity contribution in [2.24, 2.45) is 5.10 Å². The Labute approximate surface area is 122 Å². The lowest BCUT2D eigenvalue weighted by Crippen LogP contribution is -1.98.